The van der Waals surface area contributed by atoms with Crippen LogP contribution in [0.15, 0.2) is 53.4 Å². The van der Waals surface area contributed by atoms with Gasteiger partial charge in [0, 0.05) is 26.2 Å². The molecule has 0 atom stereocenters. The molecule has 0 aromatic heterocycles. The molecule has 8 nitrogen and oxygen atoms in total. The van der Waals surface area contributed by atoms with Crippen molar-refractivity contribution >= 4 is 28.0 Å². The average Bonchev–Trinajstić information content (AvgIpc) is 2.77. The molecule has 2 aromatic carbocycles. The smallest absolute Gasteiger partial charge is 0.264 e. The highest BCUT2D eigenvalue weighted by atomic mass is 32.2. The lowest BCUT2D eigenvalue weighted by Crippen LogP contribution is -2.51. The van der Waals surface area contributed by atoms with Crippen LogP contribution in [0.25, 0.3) is 0 Å². The fraction of sp³-hybridized carbons (Fsp3) is 0.333. The highest BCUT2D eigenvalue weighted by Gasteiger charge is 2.31. The summed E-state index contributed by atoms with van der Waals surface area (Å²) in [5.74, 6) is 0.0299. The summed E-state index contributed by atoms with van der Waals surface area (Å²) in [7, 11) is -2.55. The third kappa shape index (κ3) is 4.56. The summed E-state index contributed by atoms with van der Waals surface area (Å²) >= 11 is 0. The maximum absolute atomic E-state index is 13.5. The number of carbonyl (C=O) groups excluding carboxylic acids is 2. The first-order chi connectivity index (χ1) is 14.4. The minimum absolute atomic E-state index is 0.0899. The second-order valence-electron chi connectivity index (χ2n) is 7.02. The van der Waals surface area contributed by atoms with Crippen molar-refractivity contribution in [2.24, 2.45) is 0 Å². The van der Waals surface area contributed by atoms with Crippen LogP contribution in [0.3, 0.4) is 0 Å². The summed E-state index contributed by atoms with van der Waals surface area (Å²) in [6.45, 7) is 3.06. The number of hydrogen-bond donors (Lipinski definition) is 0. The van der Waals surface area contributed by atoms with Crippen molar-refractivity contribution in [3.05, 3.63) is 54.1 Å². The summed E-state index contributed by atoms with van der Waals surface area (Å²) < 4.78 is 33.4. The van der Waals surface area contributed by atoms with Crippen LogP contribution >= 0.6 is 0 Å². The van der Waals surface area contributed by atoms with Gasteiger partial charge in [-0.3, -0.25) is 13.9 Å². The van der Waals surface area contributed by atoms with Gasteiger partial charge in [0.1, 0.15) is 12.3 Å². The van der Waals surface area contributed by atoms with Gasteiger partial charge in [0.05, 0.1) is 17.7 Å². The van der Waals surface area contributed by atoms with Gasteiger partial charge in [-0.1, -0.05) is 24.3 Å². The topological polar surface area (TPSA) is 87.2 Å². The molecule has 2 aromatic rings. The average molecular weight is 432 g/mol. The summed E-state index contributed by atoms with van der Waals surface area (Å²) in [6.07, 6.45) is 0.756. The SMILES string of the molecule is COc1ccc(C)cc1N(CC(=O)N1CCN(C=O)CC1)S(=O)(=O)c1ccccc1. The molecule has 1 aliphatic heterocycles. The molecule has 160 valence electrons. The van der Waals surface area contributed by atoms with Gasteiger partial charge in [0.25, 0.3) is 10.0 Å². The molecule has 0 spiro atoms. The highest BCUT2D eigenvalue weighted by Crippen LogP contribution is 2.33. The number of hydrogen-bond acceptors (Lipinski definition) is 5. The van der Waals surface area contributed by atoms with E-state index in [2.05, 4.69) is 0 Å². The quantitative estimate of drug-likeness (QED) is 0.620. The van der Waals surface area contributed by atoms with Crippen LogP contribution in [-0.4, -0.2) is 70.4 Å². The normalized spacial score (nSPS) is 14.3. The summed E-state index contributed by atoms with van der Waals surface area (Å²) in [6, 6.07) is 13.2. The number of ether oxygens (including phenoxy) is 1. The zero-order valence-electron chi connectivity index (χ0n) is 17.0. The highest BCUT2D eigenvalue weighted by molar-refractivity contribution is 7.92. The standard InChI is InChI=1S/C21H25N3O5S/c1-17-8-9-20(29-2)19(14-17)24(30(27,28)18-6-4-3-5-7-18)15-21(26)23-12-10-22(16-25)11-13-23/h3-9,14,16H,10-13,15H2,1-2H3. The van der Waals surface area contributed by atoms with Crippen molar-refractivity contribution < 1.29 is 22.7 Å². The van der Waals surface area contributed by atoms with Crippen LogP contribution in [0.2, 0.25) is 0 Å². The maximum Gasteiger partial charge on any atom is 0.264 e. The Bertz CT molecular complexity index is 1000. The van der Waals surface area contributed by atoms with Crippen molar-refractivity contribution in [1.82, 2.24) is 9.80 Å². The van der Waals surface area contributed by atoms with Crippen molar-refractivity contribution in [1.29, 1.82) is 0 Å². The van der Waals surface area contributed by atoms with Gasteiger partial charge >= 0.3 is 0 Å². The number of sulfonamides is 1. The van der Waals surface area contributed by atoms with E-state index in [0.717, 1.165) is 16.3 Å². The van der Waals surface area contributed by atoms with E-state index in [1.165, 1.54) is 19.2 Å². The molecule has 0 bridgehead atoms. The molecule has 0 N–H and O–H groups in total. The molecule has 2 amide bonds. The van der Waals surface area contributed by atoms with Gasteiger partial charge in [-0.15, -0.1) is 0 Å². The van der Waals surface area contributed by atoms with E-state index in [4.69, 9.17) is 4.74 Å². The number of benzene rings is 2. The number of piperazine rings is 1. The monoisotopic (exact) mass is 431 g/mol. The Hall–Kier alpha value is -3.07. The van der Waals surface area contributed by atoms with Crippen LogP contribution in [0.4, 0.5) is 5.69 Å². The number of amides is 2. The van der Waals surface area contributed by atoms with Gasteiger partial charge in [-0.05, 0) is 36.8 Å². The van der Waals surface area contributed by atoms with Crippen molar-refractivity contribution in [2.45, 2.75) is 11.8 Å². The predicted molar refractivity (Wildman–Crippen MR) is 113 cm³/mol. The van der Waals surface area contributed by atoms with E-state index in [1.807, 2.05) is 13.0 Å². The number of carbonyl (C=O) groups is 2. The molecule has 30 heavy (non-hydrogen) atoms. The third-order valence-corrected chi connectivity index (χ3v) is 6.80. The van der Waals surface area contributed by atoms with Gasteiger partial charge in [0.15, 0.2) is 0 Å². The first-order valence-corrected chi connectivity index (χ1v) is 11.0. The zero-order chi connectivity index (χ0) is 21.7. The number of rotatable bonds is 7. The second kappa shape index (κ2) is 9.17. The first-order valence-electron chi connectivity index (χ1n) is 9.56. The minimum atomic E-state index is -4.01. The molecule has 0 radical (unpaired) electrons. The predicted octanol–water partition coefficient (Wildman–Crippen LogP) is 1.50. The lowest BCUT2D eigenvalue weighted by Gasteiger charge is -2.34. The van der Waals surface area contributed by atoms with E-state index in [0.29, 0.717) is 37.6 Å². The summed E-state index contributed by atoms with van der Waals surface area (Å²) in [4.78, 5) is 27.2. The summed E-state index contributed by atoms with van der Waals surface area (Å²) in [5, 5.41) is 0. The van der Waals surface area contributed by atoms with Crippen molar-refractivity contribution in [2.75, 3.05) is 44.1 Å². The molecule has 3 rings (SSSR count). The van der Waals surface area contributed by atoms with E-state index in [1.54, 1.807) is 40.1 Å². The molecule has 0 aliphatic carbocycles. The summed E-state index contributed by atoms with van der Waals surface area (Å²) in [5.41, 5.74) is 1.15. The fourth-order valence-electron chi connectivity index (χ4n) is 3.31. The molecular weight excluding hydrogens is 406 g/mol. The third-order valence-electron chi connectivity index (χ3n) is 5.03. The van der Waals surface area contributed by atoms with Gasteiger partial charge in [0.2, 0.25) is 12.3 Å². The number of anilines is 1. The maximum atomic E-state index is 13.5. The van der Waals surface area contributed by atoms with Crippen LogP contribution in [0.5, 0.6) is 5.75 Å². The molecule has 1 fully saturated rings. The molecule has 1 heterocycles. The molecule has 1 saturated heterocycles. The van der Waals surface area contributed by atoms with Gasteiger partial charge < -0.3 is 14.5 Å². The van der Waals surface area contributed by atoms with Crippen LogP contribution in [-0.2, 0) is 19.6 Å². The number of aryl methyl sites for hydroxylation is 1. The lowest BCUT2D eigenvalue weighted by atomic mass is 10.2. The van der Waals surface area contributed by atoms with E-state index in [-0.39, 0.29) is 17.3 Å². The Labute approximate surface area is 176 Å². The Morgan fingerprint density at radius 1 is 1.10 bits per heavy atom. The molecule has 0 saturated carbocycles. The van der Waals surface area contributed by atoms with Crippen molar-refractivity contribution in [3.8, 4) is 5.75 Å². The Kier molecular flexibility index (Phi) is 6.61. The Morgan fingerprint density at radius 2 is 1.77 bits per heavy atom. The first kappa shape index (κ1) is 21.6. The Morgan fingerprint density at radius 3 is 2.37 bits per heavy atom. The number of methoxy groups -OCH3 is 1. The van der Waals surface area contributed by atoms with E-state index in [9.17, 15) is 18.0 Å². The minimum Gasteiger partial charge on any atom is -0.495 e. The second-order valence-corrected chi connectivity index (χ2v) is 8.88. The van der Waals surface area contributed by atoms with E-state index < -0.39 is 10.0 Å². The lowest BCUT2D eigenvalue weighted by molar-refractivity contribution is -0.133. The molecular formula is C21H25N3O5S. The van der Waals surface area contributed by atoms with Crippen LogP contribution in [0.1, 0.15) is 5.56 Å². The van der Waals surface area contributed by atoms with Gasteiger partial charge in [-0.2, -0.15) is 0 Å². The van der Waals surface area contributed by atoms with Crippen LogP contribution in [0, 0.1) is 6.92 Å². The van der Waals surface area contributed by atoms with E-state index >= 15 is 0 Å². The van der Waals surface area contributed by atoms with Gasteiger partial charge in [-0.25, -0.2) is 8.42 Å². The van der Waals surface area contributed by atoms with Crippen molar-refractivity contribution in [3.63, 3.8) is 0 Å². The fourth-order valence-corrected chi connectivity index (χ4v) is 4.75. The zero-order valence-corrected chi connectivity index (χ0v) is 17.8. The molecule has 1 aliphatic rings. The Balaban J connectivity index is 1.98. The molecule has 9 heteroatoms. The number of nitrogens with zero attached hydrogens (tertiary/aromatic N) is 3. The molecule has 0 unspecified atom stereocenters. The van der Waals surface area contributed by atoms with Crippen LogP contribution < -0.4 is 9.04 Å². The largest absolute Gasteiger partial charge is 0.495 e.